The van der Waals surface area contributed by atoms with Crippen molar-refractivity contribution in [3.8, 4) is 16.9 Å². The number of hydrogen-bond donors (Lipinski definition) is 2. The van der Waals surface area contributed by atoms with E-state index in [9.17, 15) is 4.79 Å². The number of ether oxygens (including phenoxy) is 1. The van der Waals surface area contributed by atoms with Gasteiger partial charge in [0.05, 0.1) is 19.3 Å². The Hall–Kier alpha value is -3.12. The van der Waals surface area contributed by atoms with Gasteiger partial charge in [0.2, 0.25) is 0 Å². The van der Waals surface area contributed by atoms with Crippen LogP contribution in [-0.2, 0) is 6.54 Å². The molecule has 1 amide bonds. The molecule has 0 unspecified atom stereocenters. The minimum absolute atomic E-state index is 0.0340. The van der Waals surface area contributed by atoms with Crippen molar-refractivity contribution in [3.63, 3.8) is 0 Å². The lowest BCUT2D eigenvalue weighted by atomic mass is 9.84. The van der Waals surface area contributed by atoms with Crippen LogP contribution in [0.2, 0.25) is 0 Å². The van der Waals surface area contributed by atoms with Crippen LogP contribution in [0.15, 0.2) is 48.8 Å². The lowest BCUT2D eigenvalue weighted by Crippen LogP contribution is -2.28. The van der Waals surface area contributed by atoms with Gasteiger partial charge >= 0.3 is 0 Å². The first-order valence-electron chi connectivity index (χ1n) is 11.0. The fraction of sp³-hybridized carbons (Fsp3) is 0.360. The molecule has 3 heterocycles. The van der Waals surface area contributed by atoms with Gasteiger partial charge in [-0.2, -0.15) is 5.10 Å². The normalized spacial score (nSPS) is 17.6. The molecule has 0 radical (unpaired) electrons. The quantitative estimate of drug-likeness (QED) is 0.652. The molecule has 1 atom stereocenters. The second-order valence-corrected chi connectivity index (χ2v) is 8.49. The Kier molecular flexibility index (Phi) is 5.24. The molecule has 1 saturated heterocycles. The first-order valence-corrected chi connectivity index (χ1v) is 11.0. The molecule has 3 aromatic rings. The molecule has 6 nitrogen and oxygen atoms in total. The molecule has 160 valence electrons. The molecule has 0 saturated carbocycles. The molecule has 31 heavy (non-hydrogen) atoms. The number of fused-ring (bicyclic) bond motifs is 1. The molecule has 2 aliphatic rings. The van der Waals surface area contributed by atoms with Gasteiger partial charge < -0.3 is 15.0 Å². The van der Waals surface area contributed by atoms with Crippen molar-refractivity contribution in [2.45, 2.75) is 38.3 Å². The topological polar surface area (TPSA) is 70.2 Å². The maximum atomic E-state index is 13.6. The smallest absolute Gasteiger partial charge is 0.255 e. The van der Waals surface area contributed by atoms with Crippen molar-refractivity contribution in [3.05, 3.63) is 71.0 Å². The first kappa shape index (κ1) is 19.8. The van der Waals surface area contributed by atoms with Crippen molar-refractivity contribution in [2.75, 3.05) is 20.2 Å². The van der Waals surface area contributed by atoms with Gasteiger partial charge in [-0.05, 0) is 79.2 Å². The van der Waals surface area contributed by atoms with Gasteiger partial charge in [0.1, 0.15) is 5.75 Å². The summed E-state index contributed by atoms with van der Waals surface area (Å²) < 4.78 is 5.39. The molecular formula is C25H28N4O2. The predicted octanol–water partition coefficient (Wildman–Crippen LogP) is 4.27. The summed E-state index contributed by atoms with van der Waals surface area (Å²) in [6.07, 6.45) is 5.91. The van der Waals surface area contributed by atoms with Gasteiger partial charge in [0, 0.05) is 23.9 Å². The second-order valence-electron chi connectivity index (χ2n) is 8.49. The number of hydrogen-bond acceptors (Lipinski definition) is 4. The molecule has 2 aromatic carbocycles. The summed E-state index contributed by atoms with van der Waals surface area (Å²) in [5.74, 6) is 1.39. The van der Waals surface area contributed by atoms with Gasteiger partial charge in [-0.25, -0.2) is 0 Å². The molecule has 2 N–H and O–H groups in total. The summed E-state index contributed by atoms with van der Waals surface area (Å²) in [7, 11) is 1.67. The van der Waals surface area contributed by atoms with E-state index in [-0.39, 0.29) is 11.9 Å². The number of nitrogens with one attached hydrogen (secondary N) is 2. The molecular weight excluding hydrogens is 388 g/mol. The highest BCUT2D eigenvalue weighted by Crippen LogP contribution is 2.40. The molecule has 5 rings (SSSR count). The number of aromatic nitrogens is 2. The zero-order valence-corrected chi connectivity index (χ0v) is 18.0. The summed E-state index contributed by atoms with van der Waals surface area (Å²) in [5, 5.41) is 10.5. The van der Waals surface area contributed by atoms with Crippen LogP contribution in [0.4, 0.5) is 0 Å². The Labute approximate surface area is 182 Å². The highest BCUT2D eigenvalue weighted by atomic mass is 16.5. The number of rotatable bonds is 5. The first-order chi connectivity index (χ1) is 15.2. The lowest BCUT2D eigenvalue weighted by molar-refractivity contribution is 0.0715. The molecule has 6 heteroatoms. The molecule has 2 aliphatic heterocycles. The molecule has 0 spiro atoms. The van der Waals surface area contributed by atoms with Crippen molar-refractivity contribution < 1.29 is 9.53 Å². The largest absolute Gasteiger partial charge is 0.497 e. The van der Waals surface area contributed by atoms with E-state index in [4.69, 9.17) is 4.74 Å². The van der Waals surface area contributed by atoms with Gasteiger partial charge in [0.25, 0.3) is 5.91 Å². The van der Waals surface area contributed by atoms with E-state index in [0.717, 1.165) is 53.9 Å². The highest BCUT2D eigenvalue weighted by molar-refractivity contribution is 6.00. The Morgan fingerprint density at radius 2 is 2.00 bits per heavy atom. The van der Waals surface area contributed by atoms with Crippen LogP contribution in [0.25, 0.3) is 11.1 Å². The summed E-state index contributed by atoms with van der Waals surface area (Å²) in [6, 6.07) is 12.3. The average Bonchev–Trinajstić information content (AvgIpc) is 3.47. The summed E-state index contributed by atoms with van der Waals surface area (Å²) in [6.45, 7) is 4.79. The third kappa shape index (κ3) is 3.61. The van der Waals surface area contributed by atoms with Gasteiger partial charge in [-0.1, -0.05) is 18.2 Å². The summed E-state index contributed by atoms with van der Waals surface area (Å²) >= 11 is 0. The maximum Gasteiger partial charge on any atom is 0.255 e. The van der Waals surface area contributed by atoms with Crippen molar-refractivity contribution in [1.29, 1.82) is 0 Å². The number of carbonyl (C=O) groups is 1. The number of H-pyrrole nitrogens is 1. The van der Waals surface area contributed by atoms with Crippen LogP contribution < -0.4 is 10.1 Å². The van der Waals surface area contributed by atoms with Gasteiger partial charge in [0.15, 0.2) is 0 Å². The zero-order valence-electron chi connectivity index (χ0n) is 18.0. The van der Waals surface area contributed by atoms with Crippen LogP contribution in [-0.4, -0.2) is 41.2 Å². The van der Waals surface area contributed by atoms with Gasteiger partial charge in [-0.3, -0.25) is 9.89 Å². The predicted molar refractivity (Wildman–Crippen MR) is 120 cm³/mol. The third-order valence-corrected chi connectivity index (χ3v) is 6.76. The molecule has 0 aliphatic carbocycles. The van der Waals surface area contributed by atoms with Crippen molar-refractivity contribution in [1.82, 2.24) is 20.4 Å². The fourth-order valence-corrected chi connectivity index (χ4v) is 4.93. The fourth-order valence-electron chi connectivity index (χ4n) is 4.93. The lowest BCUT2D eigenvalue weighted by Gasteiger charge is -2.27. The number of aromatic amines is 1. The van der Waals surface area contributed by atoms with E-state index in [0.29, 0.717) is 12.5 Å². The van der Waals surface area contributed by atoms with Crippen molar-refractivity contribution >= 4 is 5.91 Å². The van der Waals surface area contributed by atoms with Crippen LogP contribution in [0, 0.1) is 0 Å². The summed E-state index contributed by atoms with van der Waals surface area (Å²) in [4.78, 5) is 15.6. The standard InChI is InChI=1S/C25H28N4O2/c1-16(18-4-3-5-21(10-18)31-2)29-15-24-22(17-6-8-26-9-7-17)11-19(12-23(24)25(29)30)20-13-27-28-14-20/h3-5,10-14,16-17,26H,6-9,15H2,1-2H3,(H,27,28)/t16-/m1/s1. The van der Waals surface area contributed by atoms with E-state index >= 15 is 0 Å². The van der Waals surface area contributed by atoms with Crippen LogP contribution in [0.3, 0.4) is 0 Å². The number of nitrogens with zero attached hydrogens (tertiary/aromatic N) is 2. The van der Waals surface area contributed by atoms with Crippen LogP contribution >= 0.6 is 0 Å². The number of carbonyl (C=O) groups excluding carboxylic acids is 1. The second kappa shape index (κ2) is 8.19. The van der Waals surface area contributed by atoms with Crippen molar-refractivity contribution in [2.24, 2.45) is 0 Å². The number of benzene rings is 2. The van der Waals surface area contributed by atoms with Crippen LogP contribution in [0.5, 0.6) is 5.75 Å². The summed E-state index contributed by atoms with van der Waals surface area (Å²) in [5.41, 5.74) is 6.51. The van der Waals surface area contributed by atoms with E-state index < -0.39 is 0 Å². The minimum Gasteiger partial charge on any atom is -0.497 e. The molecule has 1 aromatic heterocycles. The Morgan fingerprint density at radius 1 is 1.16 bits per heavy atom. The molecule has 0 bridgehead atoms. The molecule has 1 fully saturated rings. The third-order valence-electron chi connectivity index (χ3n) is 6.76. The average molecular weight is 417 g/mol. The minimum atomic E-state index is -0.0340. The van der Waals surface area contributed by atoms with Gasteiger partial charge in [-0.15, -0.1) is 0 Å². The highest BCUT2D eigenvalue weighted by Gasteiger charge is 2.35. The number of amides is 1. The van der Waals surface area contributed by atoms with E-state index in [1.54, 1.807) is 7.11 Å². The van der Waals surface area contributed by atoms with E-state index in [1.807, 2.05) is 41.6 Å². The monoisotopic (exact) mass is 416 g/mol. The maximum absolute atomic E-state index is 13.6. The Bertz CT molecular complexity index is 1090. The Morgan fingerprint density at radius 3 is 2.74 bits per heavy atom. The van der Waals surface area contributed by atoms with Crippen LogP contribution in [0.1, 0.15) is 58.8 Å². The number of piperidine rings is 1. The number of methoxy groups -OCH3 is 1. The van der Waals surface area contributed by atoms with E-state index in [2.05, 4.69) is 34.6 Å². The SMILES string of the molecule is COc1cccc([C@@H](C)N2Cc3c(cc(-c4cn[nH]c4)cc3C3CCNCC3)C2=O)c1. The zero-order chi connectivity index (χ0) is 21.4. The van der Waals surface area contributed by atoms with E-state index in [1.165, 1.54) is 11.1 Å². The Balaban J connectivity index is 1.54.